The molecule has 0 saturated heterocycles. The molecule has 35 heavy (non-hydrogen) atoms. The molecule has 2 aliphatic heterocycles. The standard InChI is InChI=1S/C24H24N2O8S/c1-23(21(31)32)9-15(19(27)28)13-7-11(3-5-17(13)25-23)35-12-4-6-18-14(8-12)16(20(29)30)10-24(2,26-18)22(33)34/h3-8,15-16,25-26H,9-10H2,1-2H3,(H,27,28)(H,29,30)(H,31,32)(H,33,34). The number of hydrogen-bond donors (Lipinski definition) is 6. The van der Waals surface area contributed by atoms with Gasteiger partial charge < -0.3 is 31.1 Å². The number of carboxylic acid groups (broad SMARTS) is 4. The van der Waals surface area contributed by atoms with Crippen LogP contribution in [0.25, 0.3) is 0 Å². The average Bonchev–Trinajstić information content (AvgIpc) is 2.78. The van der Waals surface area contributed by atoms with Crippen LogP contribution in [0.1, 0.15) is 49.7 Å². The van der Waals surface area contributed by atoms with E-state index >= 15 is 0 Å². The van der Waals surface area contributed by atoms with Crippen LogP contribution in [-0.2, 0) is 19.2 Å². The van der Waals surface area contributed by atoms with Crippen molar-refractivity contribution >= 4 is 47.0 Å². The van der Waals surface area contributed by atoms with E-state index in [0.29, 0.717) is 32.3 Å². The zero-order valence-corrected chi connectivity index (χ0v) is 19.7. The summed E-state index contributed by atoms with van der Waals surface area (Å²) < 4.78 is 0. The molecular weight excluding hydrogens is 476 g/mol. The van der Waals surface area contributed by atoms with Crippen LogP contribution in [0.4, 0.5) is 11.4 Å². The third-order valence-corrected chi connectivity index (χ3v) is 7.60. The number of hydrogen-bond acceptors (Lipinski definition) is 7. The van der Waals surface area contributed by atoms with Crippen LogP contribution in [-0.4, -0.2) is 55.4 Å². The summed E-state index contributed by atoms with van der Waals surface area (Å²) in [6, 6.07) is 10.1. The Morgan fingerprint density at radius 1 is 0.743 bits per heavy atom. The van der Waals surface area contributed by atoms with E-state index in [4.69, 9.17) is 0 Å². The average molecular weight is 501 g/mol. The predicted molar refractivity (Wildman–Crippen MR) is 126 cm³/mol. The number of anilines is 2. The van der Waals surface area contributed by atoms with Crippen molar-refractivity contribution in [3.63, 3.8) is 0 Å². The molecule has 0 spiro atoms. The van der Waals surface area contributed by atoms with Gasteiger partial charge in [-0.1, -0.05) is 11.8 Å². The monoisotopic (exact) mass is 500 g/mol. The fraction of sp³-hybridized carbons (Fsp3) is 0.333. The summed E-state index contributed by atoms with van der Waals surface area (Å²) in [5, 5.41) is 44.5. The molecule has 0 aromatic heterocycles. The van der Waals surface area contributed by atoms with E-state index in [0.717, 1.165) is 0 Å². The van der Waals surface area contributed by atoms with E-state index in [9.17, 15) is 39.6 Å². The molecule has 6 N–H and O–H groups in total. The van der Waals surface area contributed by atoms with Gasteiger partial charge in [-0.25, -0.2) is 9.59 Å². The van der Waals surface area contributed by atoms with Crippen LogP contribution in [0.5, 0.6) is 0 Å². The molecule has 4 unspecified atom stereocenters. The zero-order chi connectivity index (χ0) is 25.7. The minimum absolute atomic E-state index is 0.119. The number of carboxylic acids is 4. The number of carbonyl (C=O) groups is 4. The Balaban J connectivity index is 1.66. The van der Waals surface area contributed by atoms with Crippen LogP contribution in [0.15, 0.2) is 46.2 Å². The molecule has 0 fully saturated rings. The minimum Gasteiger partial charge on any atom is -0.481 e. The van der Waals surface area contributed by atoms with Gasteiger partial charge in [-0.05, 0) is 74.2 Å². The molecule has 2 aromatic rings. The van der Waals surface area contributed by atoms with Crippen molar-refractivity contribution in [1.29, 1.82) is 0 Å². The van der Waals surface area contributed by atoms with Crippen molar-refractivity contribution in [3.05, 3.63) is 47.5 Å². The highest BCUT2D eigenvalue weighted by atomic mass is 32.2. The lowest BCUT2D eigenvalue weighted by atomic mass is 9.80. The van der Waals surface area contributed by atoms with E-state index in [1.807, 2.05) is 0 Å². The maximum absolute atomic E-state index is 11.9. The first-order valence-corrected chi connectivity index (χ1v) is 11.6. The van der Waals surface area contributed by atoms with E-state index in [2.05, 4.69) is 10.6 Å². The van der Waals surface area contributed by atoms with Gasteiger partial charge in [0, 0.05) is 21.2 Å². The van der Waals surface area contributed by atoms with Crippen LogP contribution in [0.3, 0.4) is 0 Å². The van der Waals surface area contributed by atoms with Crippen molar-refractivity contribution in [2.45, 2.75) is 59.4 Å². The molecule has 10 nitrogen and oxygen atoms in total. The molecule has 0 saturated carbocycles. The Hall–Kier alpha value is -3.73. The number of aliphatic carboxylic acids is 4. The Morgan fingerprint density at radius 2 is 1.11 bits per heavy atom. The number of fused-ring (bicyclic) bond motifs is 2. The lowest BCUT2D eigenvalue weighted by Crippen LogP contribution is -2.48. The fourth-order valence-corrected chi connectivity index (χ4v) is 5.52. The Kier molecular flexibility index (Phi) is 5.92. The molecule has 0 bridgehead atoms. The number of benzene rings is 2. The first-order valence-electron chi connectivity index (χ1n) is 10.8. The SMILES string of the molecule is CC1(C(=O)O)CC(C(=O)O)c2cc(Sc3ccc4c(c3)C(C(=O)O)CC(C)(C(=O)O)N4)ccc2N1. The third kappa shape index (κ3) is 4.39. The predicted octanol–water partition coefficient (Wildman–Crippen LogP) is 3.49. The van der Waals surface area contributed by atoms with Crippen LogP contribution in [0.2, 0.25) is 0 Å². The highest BCUT2D eigenvalue weighted by Crippen LogP contribution is 2.44. The smallest absolute Gasteiger partial charge is 0.329 e. The lowest BCUT2D eigenvalue weighted by Gasteiger charge is -2.37. The molecule has 4 atom stereocenters. The van der Waals surface area contributed by atoms with Crippen LogP contribution in [0, 0.1) is 0 Å². The maximum Gasteiger partial charge on any atom is 0.329 e. The molecule has 4 rings (SSSR count). The van der Waals surface area contributed by atoms with E-state index in [1.165, 1.54) is 25.6 Å². The summed E-state index contributed by atoms with van der Waals surface area (Å²) in [4.78, 5) is 48.6. The van der Waals surface area contributed by atoms with E-state index < -0.39 is 46.8 Å². The van der Waals surface area contributed by atoms with Gasteiger partial charge in [0.05, 0.1) is 11.8 Å². The molecule has 0 aliphatic carbocycles. The molecule has 2 aliphatic rings. The summed E-state index contributed by atoms with van der Waals surface area (Å²) >= 11 is 1.30. The van der Waals surface area contributed by atoms with Gasteiger partial charge in [0.15, 0.2) is 0 Å². The second-order valence-electron chi connectivity index (χ2n) is 9.31. The third-order valence-electron chi connectivity index (χ3n) is 6.62. The van der Waals surface area contributed by atoms with Crippen molar-refractivity contribution in [3.8, 4) is 0 Å². The minimum atomic E-state index is -1.41. The summed E-state index contributed by atoms with van der Waals surface area (Å²) in [5.41, 5.74) is -1.00. The van der Waals surface area contributed by atoms with Crippen molar-refractivity contribution in [2.24, 2.45) is 0 Å². The molecule has 2 aromatic carbocycles. The lowest BCUT2D eigenvalue weighted by molar-refractivity contribution is -0.145. The van der Waals surface area contributed by atoms with Gasteiger partial charge in [-0.2, -0.15) is 0 Å². The molecule has 0 amide bonds. The molecule has 0 radical (unpaired) electrons. The molecular formula is C24H24N2O8S. The Bertz CT molecular complexity index is 1170. The molecule has 11 heteroatoms. The van der Waals surface area contributed by atoms with Crippen LogP contribution >= 0.6 is 11.8 Å². The van der Waals surface area contributed by atoms with Gasteiger partial charge in [0.2, 0.25) is 0 Å². The highest BCUT2D eigenvalue weighted by Gasteiger charge is 2.45. The van der Waals surface area contributed by atoms with Crippen molar-refractivity contribution in [2.75, 3.05) is 10.6 Å². The Morgan fingerprint density at radius 3 is 1.43 bits per heavy atom. The largest absolute Gasteiger partial charge is 0.481 e. The summed E-state index contributed by atoms with van der Waals surface area (Å²) in [7, 11) is 0. The highest BCUT2D eigenvalue weighted by molar-refractivity contribution is 7.99. The second kappa shape index (κ2) is 8.49. The summed E-state index contributed by atoms with van der Waals surface area (Å²) in [6.07, 6.45) is -0.238. The van der Waals surface area contributed by atoms with Gasteiger partial charge in [0.1, 0.15) is 11.1 Å². The van der Waals surface area contributed by atoms with Gasteiger partial charge in [-0.15, -0.1) is 0 Å². The van der Waals surface area contributed by atoms with Gasteiger partial charge in [0.25, 0.3) is 0 Å². The van der Waals surface area contributed by atoms with Crippen LogP contribution < -0.4 is 10.6 Å². The maximum atomic E-state index is 11.9. The van der Waals surface area contributed by atoms with E-state index in [1.54, 1.807) is 36.4 Å². The van der Waals surface area contributed by atoms with Crippen molar-refractivity contribution < 1.29 is 39.6 Å². The van der Waals surface area contributed by atoms with Gasteiger partial charge >= 0.3 is 23.9 Å². The zero-order valence-electron chi connectivity index (χ0n) is 18.9. The quantitative estimate of drug-likeness (QED) is 0.343. The fourth-order valence-electron chi connectivity index (χ4n) is 4.60. The summed E-state index contributed by atoms with van der Waals surface area (Å²) in [6.45, 7) is 2.90. The first-order chi connectivity index (χ1) is 16.3. The van der Waals surface area contributed by atoms with E-state index in [-0.39, 0.29) is 12.8 Å². The molecule has 184 valence electrons. The molecule has 2 heterocycles. The second-order valence-corrected chi connectivity index (χ2v) is 10.5. The van der Waals surface area contributed by atoms with Crippen molar-refractivity contribution in [1.82, 2.24) is 0 Å². The Labute approximate surface area is 204 Å². The first kappa shape index (κ1) is 24.4. The van der Waals surface area contributed by atoms with Gasteiger partial charge in [-0.3, -0.25) is 9.59 Å². The normalized spacial score (nSPS) is 26.9. The topological polar surface area (TPSA) is 173 Å². The summed E-state index contributed by atoms with van der Waals surface area (Å²) in [5.74, 6) is -6.53. The number of rotatable bonds is 6. The number of nitrogens with one attached hydrogen (secondary N) is 2.